The summed E-state index contributed by atoms with van der Waals surface area (Å²) >= 11 is 0. The van der Waals surface area contributed by atoms with Gasteiger partial charge in [0, 0.05) is 36.3 Å². The van der Waals surface area contributed by atoms with Gasteiger partial charge in [-0.05, 0) is 24.8 Å². The number of allylic oxidation sites excluding steroid dienone is 1. The number of imidazole rings is 1. The van der Waals surface area contributed by atoms with Crippen LogP contribution in [-0.2, 0) is 0 Å². The second-order valence-electron chi connectivity index (χ2n) is 7.40. The van der Waals surface area contributed by atoms with Crippen molar-refractivity contribution in [3.8, 4) is 0 Å². The molecule has 0 saturated heterocycles. The molecule has 27 heavy (non-hydrogen) atoms. The van der Waals surface area contributed by atoms with E-state index in [0.29, 0.717) is 24.4 Å². The molecule has 0 bridgehead atoms. The summed E-state index contributed by atoms with van der Waals surface area (Å²) < 4.78 is 2.24. The Morgan fingerprint density at radius 1 is 1.30 bits per heavy atom. The molecule has 1 fully saturated rings. The minimum Gasteiger partial charge on any atom is -0.375 e. The van der Waals surface area contributed by atoms with Crippen LogP contribution < -0.4 is 10.6 Å². The fourth-order valence-corrected chi connectivity index (χ4v) is 4.37. The Balaban J connectivity index is 1.41. The van der Waals surface area contributed by atoms with Crippen molar-refractivity contribution in [3.05, 3.63) is 42.2 Å². The molecule has 1 saturated carbocycles. The Labute approximate surface area is 156 Å². The van der Waals surface area contributed by atoms with Crippen LogP contribution in [0.2, 0.25) is 0 Å². The maximum atomic E-state index is 7.27. The highest BCUT2D eigenvalue weighted by molar-refractivity contribution is 5.88. The highest BCUT2D eigenvalue weighted by Crippen LogP contribution is 2.40. The van der Waals surface area contributed by atoms with Gasteiger partial charge >= 0.3 is 0 Å². The third-order valence-electron chi connectivity index (χ3n) is 5.68. The SMILES string of the molecule is C[C@@H]1C[C@H](NC2=NC=C(C=N)NC2)CC1c1cnc2cnc3[nH]ccc3n12. The van der Waals surface area contributed by atoms with E-state index in [-0.39, 0.29) is 0 Å². The monoisotopic (exact) mass is 362 g/mol. The highest BCUT2D eigenvalue weighted by atomic mass is 15.1. The first kappa shape index (κ1) is 16.0. The molecule has 8 nitrogen and oxygen atoms in total. The lowest BCUT2D eigenvalue weighted by molar-refractivity contribution is 0.518. The van der Waals surface area contributed by atoms with E-state index < -0.39 is 0 Å². The number of fused-ring (bicyclic) bond motifs is 3. The molecule has 0 spiro atoms. The van der Waals surface area contributed by atoms with Gasteiger partial charge in [-0.2, -0.15) is 0 Å². The molecule has 0 aromatic carbocycles. The van der Waals surface area contributed by atoms with Crippen LogP contribution in [0.25, 0.3) is 16.8 Å². The van der Waals surface area contributed by atoms with Crippen molar-refractivity contribution in [1.82, 2.24) is 30.0 Å². The number of aromatic nitrogens is 4. The van der Waals surface area contributed by atoms with Crippen LogP contribution in [0, 0.1) is 11.3 Å². The van der Waals surface area contributed by atoms with E-state index in [1.165, 1.54) is 11.9 Å². The van der Waals surface area contributed by atoms with Crippen LogP contribution >= 0.6 is 0 Å². The van der Waals surface area contributed by atoms with E-state index in [9.17, 15) is 0 Å². The summed E-state index contributed by atoms with van der Waals surface area (Å²) in [6.45, 7) is 2.96. The standard InChI is InChI=1S/C19H22N8/c1-11-4-12(26-17-9-22-13(6-20)7-23-17)5-14(11)16-8-24-18-10-25-19-15(27(16)18)2-3-21-19/h2-3,6-8,10-12,14,20-22H,4-5,9H2,1H3,(H,23,26)/t11-,12+,14?/m1/s1. The molecular formula is C19H22N8. The predicted octanol–water partition coefficient (Wildman–Crippen LogP) is 2.17. The maximum absolute atomic E-state index is 7.27. The molecule has 4 N–H and O–H groups in total. The van der Waals surface area contributed by atoms with Crippen LogP contribution in [0.3, 0.4) is 0 Å². The zero-order valence-electron chi connectivity index (χ0n) is 15.1. The summed E-state index contributed by atoms with van der Waals surface area (Å²) in [5, 5.41) is 14.0. The van der Waals surface area contributed by atoms with Gasteiger partial charge in [0.05, 0.1) is 30.2 Å². The Bertz CT molecular complexity index is 1070. The van der Waals surface area contributed by atoms with Gasteiger partial charge in [-0.15, -0.1) is 0 Å². The second kappa shape index (κ2) is 6.22. The number of rotatable bonds is 3. The first-order valence-corrected chi connectivity index (χ1v) is 9.30. The number of H-pyrrole nitrogens is 1. The van der Waals surface area contributed by atoms with Crippen molar-refractivity contribution < 1.29 is 0 Å². The van der Waals surface area contributed by atoms with E-state index in [1.54, 1.807) is 6.20 Å². The molecule has 5 rings (SSSR count). The molecule has 1 unspecified atom stereocenters. The quantitative estimate of drug-likeness (QED) is 0.536. The predicted molar refractivity (Wildman–Crippen MR) is 105 cm³/mol. The summed E-state index contributed by atoms with van der Waals surface area (Å²) in [4.78, 5) is 16.7. The van der Waals surface area contributed by atoms with Gasteiger partial charge in [0.25, 0.3) is 0 Å². The van der Waals surface area contributed by atoms with Crippen molar-refractivity contribution in [3.63, 3.8) is 0 Å². The molecule has 3 aromatic heterocycles. The number of amidine groups is 1. The Kier molecular flexibility index (Phi) is 3.70. The van der Waals surface area contributed by atoms with E-state index in [1.807, 2.05) is 18.6 Å². The first-order chi connectivity index (χ1) is 13.2. The average molecular weight is 362 g/mol. The van der Waals surface area contributed by atoms with Crippen LogP contribution in [0.15, 0.2) is 41.5 Å². The zero-order chi connectivity index (χ0) is 18.4. The summed E-state index contributed by atoms with van der Waals surface area (Å²) in [6, 6.07) is 2.44. The lowest BCUT2D eigenvalue weighted by Crippen LogP contribution is -2.41. The Hall–Kier alpha value is -3.16. The highest BCUT2D eigenvalue weighted by Gasteiger charge is 2.35. The van der Waals surface area contributed by atoms with Crippen LogP contribution in [0.1, 0.15) is 31.4 Å². The van der Waals surface area contributed by atoms with Gasteiger partial charge < -0.3 is 21.0 Å². The number of hydrogen-bond acceptors (Lipinski definition) is 6. The number of aromatic amines is 1. The topological polar surface area (TPSA) is 106 Å². The smallest absolute Gasteiger partial charge is 0.156 e. The van der Waals surface area contributed by atoms with Gasteiger partial charge in [-0.3, -0.25) is 4.40 Å². The van der Waals surface area contributed by atoms with Crippen LogP contribution in [0.5, 0.6) is 0 Å². The summed E-state index contributed by atoms with van der Waals surface area (Å²) in [6.07, 6.45) is 10.9. The summed E-state index contributed by atoms with van der Waals surface area (Å²) in [5.74, 6) is 1.92. The van der Waals surface area contributed by atoms with Crippen molar-refractivity contribution in [2.75, 3.05) is 6.54 Å². The molecule has 0 radical (unpaired) electrons. The maximum Gasteiger partial charge on any atom is 0.156 e. The molecule has 0 amide bonds. The molecular weight excluding hydrogens is 340 g/mol. The van der Waals surface area contributed by atoms with E-state index >= 15 is 0 Å². The van der Waals surface area contributed by atoms with Crippen LogP contribution in [0.4, 0.5) is 0 Å². The van der Waals surface area contributed by atoms with Crippen molar-refractivity contribution in [2.24, 2.45) is 10.9 Å². The zero-order valence-corrected chi connectivity index (χ0v) is 15.1. The van der Waals surface area contributed by atoms with Gasteiger partial charge in [0.1, 0.15) is 5.84 Å². The fraction of sp³-hybridized carbons (Fsp3) is 0.368. The molecule has 1 aliphatic carbocycles. The van der Waals surface area contributed by atoms with Crippen molar-refractivity contribution in [2.45, 2.75) is 31.7 Å². The first-order valence-electron chi connectivity index (χ1n) is 9.30. The molecule has 2 aliphatic rings. The van der Waals surface area contributed by atoms with Crippen molar-refractivity contribution >= 4 is 28.9 Å². The van der Waals surface area contributed by atoms with Crippen molar-refractivity contribution in [1.29, 1.82) is 5.41 Å². The molecule has 4 heterocycles. The third kappa shape index (κ3) is 2.68. The number of nitrogens with one attached hydrogen (secondary N) is 4. The van der Waals surface area contributed by atoms with Gasteiger partial charge in [0.15, 0.2) is 11.3 Å². The number of aliphatic imine (C=N–C) groups is 1. The molecule has 1 aliphatic heterocycles. The normalized spacial score (nSPS) is 25.3. The Morgan fingerprint density at radius 3 is 3.04 bits per heavy atom. The van der Waals surface area contributed by atoms with E-state index in [4.69, 9.17) is 5.41 Å². The lowest BCUT2D eigenvalue weighted by atomic mass is 9.95. The van der Waals surface area contributed by atoms with Gasteiger partial charge in [-0.25, -0.2) is 15.0 Å². The largest absolute Gasteiger partial charge is 0.375 e. The van der Waals surface area contributed by atoms with Gasteiger partial charge in [0.2, 0.25) is 0 Å². The minimum absolute atomic E-state index is 0.384. The Morgan fingerprint density at radius 2 is 2.22 bits per heavy atom. The van der Waals surface area contributed by atoms with Gasteiger partial charge in [-0.1, -0.05) is 6.92 Å². The summed E-state index contributed by atoms with van der Waals surface area (Å²) in [7, 11) is 0. The molecule has 3 aromatic rings. The molecule has 138 valence electrons. The molecule has 8 heteroatoms. The number of nitrogens with zero attached hydrogens (tertiary/aromatic N) is 4. The minimum atomic E-state index is 0.384. The fourth-order valence-electron chi connectivity index (χ4n) is 4.37. The third-order valence-corrected chi connectivity index (χ3v) is 5.68. The number of hydrogen-bond donors (Lipinski definition) is 4. The second-order valence-corrected chi connectivity index (χ2v) is 7.40. The lowest BCUT2D eigenvalue weighted by Gasteiger charge is -2.19. The average Bonchev–Trinajstić information content (AvgIpc) is 3.39. The summed E-state index contributed by atoms with van der Waals surface area (Å²) in [5.41, 5.74) is 4.86. The van der Waals surface area contributed by atoms with E-state index in [2.05, 4.69) is 48.0 Å². The van der Waals surface area contributed by atoms with Crippen LogP contribution in [-0.4, -0.2) is 44.0 Å². The van der Waals surface area contributed by atoms with E-state index in [0.717, 1.165) is 41.2 Å². The molecule has 3 atom stereocenters.